The van der Waals surface area contributed by atoms with E-state index >= 15 is 0 Å². The summed E-state index contributed by atoms with van der Waals surface area (Å²) in [5, 5.41) is 2.84. The van der Waals surface area contributed by atoms with Gasteiger partial charge in [0, 0.05) is 19.0 Å². The van der Waals surface area contributed by atoms with Crippen LogP contribution in [0.1, 0.15) is 57.5 Å². The van der Waals surface area contributed by atoms with Crippen molar-refractivity contribution in [2.45, 2.75) is 58.1 Å². The number of imidazole rings is 1. The molecule has 2 aromatic heterocycles. The highest BCUT2D eigenvalue weighted by Crippen LogP contribution is 2.45. The summed E-state index contributed by atoms with van der Waals surface area (Å²) in [4.78, 5) is 29.3. The highest BCUT2D eigenvalue weighted by Gasteiger charge is 2.46. The molecule has 1 unspecified atom stereocenters. The van der Waals surface area contributed by atoms with Gasteiger partial charge in [-0.1, -0.05) is 105 Å². The van der Waals surface area contributed by atoms with Gasteiger partial charge in [0.2, 0.25) is 17.7 Å². The number of ether oxygens (including phenoxy) is 2. The highest BCUT2D eigenvalue weighted by atomic mass is 32.1. The molecule has 0 saturated carbocycles. The van der Waals surface area contributed by atoms with Crippen LogP contribution >= 0.6 is 12.9 Å². The number of fused-ring (bicyclic) bond motifs is 1. The summed E-state index contributed by atoms with van der Waals surface area (Å²) in [6.45, 7) is 10.7. The van der Waals surface area contributed by atoms with Crippen LogP contribution in [0.4, 0.5) is 5.95 Å². The van der Waals surface area contributed by atoms with Crippen molar-refractivity contribution in [2.24, 2.45) is 5.92 Å². The van der Waals surface area contributed by atoms with Gasteiger partial charge in [-0.05, 0) is 50.4 Å². The lowest BCUT2D eigenvalue weighted by molar-refractivity contribution is -0.144. The van der Waals surface area contributed by atoms with E-state index in [0.717, 1.165) is 16.7 Å². The van der Waals surface area contributed by atoms with Crippen LogP contribution in [0.5, 0.6) is 5.88 Å². The van der Waals surface area contributed by atoms with Crippen molar-refractivity contribution < 1.29 is 18.5 Å². The van der Waals surface area contributed by atoms with Gasteiger partial charge in [0.05, 0.1) is 24.6 Å². The van der Waals surface area contributed by atoms with E-state index in [1.165, 1.54) is 0 Å². The zero-order valence-electron chi connectivity index (χ0n) is 27.9. The molecule has 48 heavy (non-hydrogen) atoms. The summed E-state index contributed by atoms with van der Waals surface area (Å²) in [6, 6.07) is 31.6. The minimum atomic E-state index is -0.692. The second-order valence-corrected chi connectivity index (χ2v) is 13.5. The van der Waals surface area contributed by atoms with E-state index in [1.807, 2.05) is 57.4 Å². The zero-order valence-corrected chi connectivity index (χ0v) is 28.8. The van der Waals surface area contributed by atoms with Gasteiger partial charge >= 0.3 is 0 Å². The van der Waals surface area contributed by atoms with Crippen molar-refractivity contribution in [2.75, 3.05) is 25.0 Å². The SMILES string of the molecule is CC(C)C(=O)Nc1nc(OC(C)(C)C)c2ncn([C@H]3CN(C(c4ccccc4)(c4ccccc4)c4ccccc4)CC(COS)O3)c2n1. The van der Waals surface area contributed by atoms with Gasteiger partial charge in [0.15, 0.2) is 11.2 Å². The highest BCUT2D eigenvalue weighted by molar-refractivity contribution is 7.75. The quantitative estimate of drug-likeness (QED) is 0.0971. The third-order valence-electron chi connectivity index (χ3n) is 8.32. The molecule has 1 aliphatic heterocycles. The van der Waals surface area contributed by atoms with Crippen LogP contribution in [0.15, 0.2) is 97.3 Å². The van der Waals surface area contributed by atoms with Crippen LogP contribution in [0.2, 0.25) is 0 Å². The van der Waals surface area contributed by atoms with Gasteiger partial charge in [-0.3, -0.25) is 19.6 Å². The molecule has 250 valence electrons. The topological polar surface area (TPSA) is 104 Å². The first-order valence-electron chi connectivity index (χ1n) is 16.2. The van der Waals surface area contributed by atoms with Crippen LogP contribution in [-0.4, -0.2) is 61.7 Å². The predicted molar refractivity (Wildman–Crippen MR) is 189 cm³/mol. The van der Waals surface area contributed by atoms with E-state index in [-0.39, 0.29) is 36.4 Å². The second kappa shape index (κ2) is 14.1. The summed E-state index contributed by atoms with van der Waals surface area (Å²) in [7, 11) is 0. The molecule has 5 aromatic rings. The molecular formula is C37H42N6O4S. The summed E-state index contributed by atoms with van der Waals surface area (Å²) in [5.74, 6) is -0.0511. The summed E-state index contributed by atoms with van der Waals surface area (Å²) >= 11 is 4.13. The third-order valence-corrected chi connectivity index (χ3v) is 8.47. The van der Waals surface area contributed by atoms with E-state index in [2.05, 4.69) is 101 Å². The molecular weight excluding hydrogens is 625 g/mol. The molecule has 1 N–H and O–H groups in total. The number of nitrogens with zero attached hydrogens (tertiary/aromatic N) is 5. The molecule has 3 heterocycles. The first-order valence-corrected chi connectivity index (χ1v) is 16.5. The minimum absolute atomic E-state index is 0.136. The Morgan fingerprint density at radius 2 is 1.48 bits per heavy atom. The smallest absolute Gasteiger partial charge is 0.247 e. The number of benzene rings is 3. The Hall–Kier alpha value is -4.29. The Balaban J connectivity index is 1.53. The number of morpholine rings is 1. The Morgan fingerprint density at radius 1 is 0.917 bits per heavy atom. The number of rotatable bonds is 10. The maximum Gasteiger partial charge on any atom is 0.247 e. The normalized spacial score (nSPS) is 17.5. The fourth-order valence-electron chi connectivity index (χ4n) is 6.28. The molecule has 1 fully saturated rings. The van der Waals surface area contributed by atoms with Crippen molar-refractivity contribution in [3.63, 3.8) is 0 Å². The Kier molecular flexibility index (Phi) is 9.84. The van der Waals surface area contributed by atoms with Gasteiger partial charge in [-0.25, -0.2) is 4.98 Å². The number of thiol groups is 1. The molecule has 2 atom stereocenters. The van der Waals surface area contributed by atoms with Crippen LogP contribution in [0.3, 0.4) is 0 Å². The van der Waals surface area contributed by atoms with Gasteiger partial charge in [-0.2, -0.15) is 9.97 Å². The summed E-state index contributed by atoms with van der Waals surface area (Å²) in [5.41, 5.74) is 3.03. The molecule has 0 spiro atoms. The van der Waals surface area contributed by atoms with Crippen molar-refractivity contribution in [3.8, 4) is 5.88 Å². The fraction of sp³-hybridized carbons (Fsp3) is 0.351. The number of aromatic nitrogens is 4. The molecule has 0 bridgehead atoms. The predicted octanol–water partition coefficient (Wildman–Crippen LogP) is 6.65. The molecule has 0 aliphatic carbocycles. The first-order chi connectivity index (χ1) is 23.1. The van der Waals surface area contributed by atoms with E-state index in [9.17, 15) is 4.79 Å². The van der Waals surface area contributed by atoms with Crippen LogP contribution in [0, 0.1) is 5.92 Å². The van der Waals surface area contributed by atoms with Crippen LogP contribution < -0.4 is 10.1 Å². The third kappa shape index (κ3) is 6.82. The molecule has 3 aromatic carbocycles. The van der Waals surface area contributed by atoms with Crippen molar-refractivity contribution in [3.05, 3.63) is 114 Å². The maximum atomic E-state index is 12.7. The average molecular weight is 667 g/mol. The van der Waals surface area contributed by atoms with Crippen molar-refractivity contribution in [1.82, 2.24) is 24.4 Å². The fourth-order valence-corrected chi connectivity index (χ4v) is 6.44. The first kappa shape index (κ1) is 33.6. The maximum absolute atomic E-state index is 12.7. The number of hydrogen-bond donors (Lipinski definition) is 2. The number of anilines is 1. The lowest BCUT2D eigenvalue weighted by atomic mass is 9.75. The Bertz CT molecular complexity index is 1730. The monoisotopic (exact) mass is 666 g/mol. The van der Waals surface area contributed by atoms with Gasteiger partial charge in [-0.15, -0.1) is 0 Å². The molecule has 1 amide bonds. The van der Waals surface area contributed by atoms with E-state index in [1.54, 1.807) is 6.33 Å². The van der Waals surface area contributed by atoms with Gasteiger partial charge in [0.25, 0.3) is 0 Å². The number of hydrogen-bond acceptors (Lipinski definition) is 9. The number of carbonyl (C=O) groups excluding carboxylic acids is 1. The average Bonchev–Trinajstić information content (AvgIpc) is 3.50. The lowest BCUT2D eigenvalue weighted by Crippen LogP contribution is -2.57. The zero-order chi connectivity index (χ0) is 33.9. The van der Waals surface area contributed by atoms with Crippen molar-refractivity contribution >= 4 is 35.9 Å². The molecule has 10 nitrogen and oxygen atoms in total. The summed E-state index contributed by atoms with van der Waals surface area (Å²) in [6.07, 6.45) is 0.783. The Morgan fingerprint density at radius 3 is 1.98 bits per heavy atom. The van der Waals surface area contributed by atoms with E-state index < -0.39 is 17.4 Å². The van der Waals surface area contributed by atoms with Crippen LogP contribution in [0.25, 0.3) is 11.2 Å². The molecule has 6 rings (SSSR count). The van der Waals surface area contributed by atoms with Gasteiger partial charge < -0.3 is 13.7 Å². The second-order valence-electron chi connectivity index (χ2n) is 13.3. The standard InChI is InChI=1S/C37H42N6O4S/c1-25(2)33(44)40-35-39-32-31(34(41-35)47-36(3,4)5)38-24-43(32)30-22-42(21-29(46-30)23-45-48)37(26-15-9-6-10-16-26,27-17-11-7-12-18-27)28-19-13-8-14-20-28/h6-20,24-25,29-30,48H,21-23H2,1-5H3,(H,39,40,41,44)/t29?,30-/m1/s1. The molecule has 11 heteroatoms. The summed E-state index contributed by atoms with van der Waals surface area (Å²) < 4.78 is 20.3. The van der Waals surface area contributed by atoms with E-state index in [0.29, 0.717) is 24.3 Å². The van der Waals surface area contributed by atoms with Gasteiger partial charge in [0.1, 0.15) is 11.8 Å². The minimum Gasteiger partial charge on any atom is -0.470 e. The largest absolute Gasteiger partial charge is 0.470 e. The molecule has 1 saturated heterocycles. The lowest BCUT2D eigenvalue weighted by Gasteiger charge is -2.50. The molecule has 1 aliphatic rings. The van der Waals surface area contributed by atoms with E-state index in [4.69, 9.17) is 23.6 Å². The number of amides is 1. The van der Waals surface area contributed by atoms with Crippen molar-refractivity contribution in [1.29, 1.82) is 0 Å². The van der Waals surface area contributed by atoms with Crippen LogP contribution in [-0.2, 0) is 19.3 Å². The number of nitrogens with one attached hydrogen (secondary N) is 1. The molecule has 0 radical (unpaired) electrons. The number of carbonyl (C=O) groups is 1. The Labute approximate surface area is 287 Å².